The number of benzene rings is 2. The van der Waals surface area contributed by atoms with E-state index in [1.807, 2.05) is 24.3 Å². The molecule has 1 heterocycles. The van der Waals surface area contributed by atoms with Crippen molar-refractivity contribution in [2.45, 2.75) is 12.5 Å². The number of carbonyl (C=O) groups excluding carboxylic acids is 2. The first-order valence-electron chi connectivity index (χ1n) is 7.39. The first-order valence-corrected chi connectivity index (χ1v) is 8.96. The summed E-state index contributed by atoms with van der Waals surface area (Å²) in [4.78, 5) is 24.1. The molecule has 0 fully saturated rings. The molecule has 2 aromatic carbocycles. The first kappa shape index (κ1) is 17.7. The number of thiophene rings is 1. The molecule has 0 saturated heterocycles. The van der Waals surface area contributed by atoms with Gasteiger partial charge in [0.15, 0.2) is 0 Å². The van der Waals surface area contributed by atoms with Gasteiger partial charge in [-0.1, -0.05) is 53.5 Å². The van der Waals surface area contributed by atoms with Crippen molar-refractivity contribution < 1.29 is 14.7 Å². The molecular formula is C18H12Cl2NO3S-. The van der Waals surface area contributed by atoms with Crippen molar-refractivity contribution in [3.05, 3.63) is 69.0 Å². The molecule has 7 heteroatoms. The number of carboxylic acids is 1. The Morgan fingerprint density at radius 1 is 1.12 bits per heavy atom. The number of amides is 1. The predicted molar refractivity (Wildman–Crippen MR) is 98.1 cm³/mol. The zero-order chi connectivity index (χ0) is 18.0. The van der Waals surface area contributed by atoms with E-state index in [-0.39, 0.29) is 6.42 Å². The average molecular weight is 393 g/mol. The summed E-state index contributed by atoms with van der Waals surface area (Å²) in [6.07, 6.45) is -0.366. The fourth-order valence-corrected chi connectivity index (χ4v) is 4.14. The Morgan fingerprint density at radius 2 is 1.88 bits per heavy atom. The van der Waals surface area contributed by atoms with Gasteiger partial charge < -0.3 is 15.2 Å². The number of halogens is 2. The van der Waals surface area contributed by atoms with Crippen LogP contribution in [-0.4, -0.2) is 11.9 Å². The molecule has 0 bridgehead atoms. The Morgan fingerprint density at radius 3 is 2.56 bits per heavy atom. The second-order valence-electron chi connectivity index (χ2n) is 5.40. The van der Waals surface area contributed by atoms with Crippen LogP contribution in [0.5, 0.6) is 0 Å². The highest BCUT2D eigenvalue weighted by atomic mass is 35.5. The van der Waals surface area contributed by atoms with Gasteiger partial charge in [-0.15, -0.1) is 11.3 Å². The number of hydrogen-bond acceptors (Lipinski definition) is 4. The Balaban J connectivity index is 1.91. The highest BCUT2D eigenvalue weighted by Crippen LogP contribution is 2.35. The van der Waals surface area contributed by atoms with Crippen LogP contribution in [0.4, 0.5) is 0 Å². The molecule has 1 amide bonds. The van der Waals surface area contributed by atoms with Crippen LogP contribution in [0.2, 0.25) is 10.0 Å². The minimum absolute atomic E-state index is 0.341. The lowest BCUT2D eigenvalue weighted by molar-refractivity contribution is -0.306. The van der Waals surface area contributed by atoms with Gasteiger partial charge in [0.1, 0.15) is 4.88 Å². The first-order chi connectivity index (χ1) is 12.0. The van der Waals surface area contributed by atoms with Gasteiger partial charge in [-0.05, 0) is 23.8 Å². The standard InChI is InChI=1S/C18H13Cl2NO3S/c19-11-5-3-4-10(8-11)13(9-15(22)23)21-18(24)17-16(20)12-6-1-2-7-14(12)25-17/h1-8,13H,9H2,(H,21,24)(H,22,23)/p-1/t13-/m0/s1. The van der Waals surface area contributed by atoms with E-state index in [1.54, 1.807) is 24.3 Å². The topological polar surface area (TPSA) is 69.2 Å². The summed E-state index contributed by atoms with van der Waals surface area (Å²) in [6.45, 7) is 0. The number of carboxylic acid groups (broad SMARTS) is 1. The Kier molecular flexibility index (Phi) is 5.27. The van der Waals surface area contributed by atoms with Gasteiger partial charge in [-0.3, -0.25) is 4.79 Å². The van der Waals surface area contributed by atoms with E-state index in [9.17, 15) is 14.7 Å². The highest BCUT2D eigenvalue weighted by molar-refractivity contribution is 7.21. The monoisotopic (exact) mass is 392 g/mol. The largest absolute Gasteiger partial charge is 0.550 e. The molecule has 1 atom stereocenters. The molecule has 1 aromatic heterocycles. The minimum Gasteiger partial charge on any atom is -0.550 e. The van der Waals surface area contributed by atoms with Gasteiger partial charge in [0, 0.05) is 27.5 Å². The van der Waals surface area contributed by atoms with Gasteiger partial charge in [0.2, 0.25) is 0 Å². The summed E-state index contributed by atoms with van der Waals surface area (Å²) in [5.41, 5.74) is 0.585. The lowest BCUT2D eigenvalue weighted by Gasteiger charge is -2.19. The van der Waals surface area contributed by atoms with E-state index in [0.717, 1.165) is 10.1 Å². The lowest BCUT2D eigenvalue weighted by Crippen LogP contribution is -2.34. The maximum absolute atomic E-state index is 12.7. The Bertz CT molecular complexity index is 954. The molecule has 3 rings (SSSR count). The molecule has 3 aromatic rings. The van der Waals surface area contributed by atoms with Crippen LogP contribution in [0.1, 0.15) is 27.7 Å². The number of fused-ring (bicyclic) bond motifs is 1. The van der Waals surface area contributed by atoms with Crippen LogP contribution in [-0.2, 0) is 4.79 Å². The molecule has 0 aliphatic carbocycles. The normalized spacial score (nSPS) is 12.1. The van der Waals surface area contributed by atoms with Crippen molar-refractivity contribution in [3.8, 4) is 0 Å². The lowest BCUT2D eigenvalue weighted by atomic mass is 10.0. The van der Waals surface area contributed by atoms with Crippen molar-refractivity contribution in [1.82, 2.24) is 5.32 Å². The number of carbonyl (C=O) groups is 2. The number of hydrogen-bond donors (Lipinski definition) is 1. The number of rotatable bonds is 5. The van der Waals surface area contributed by atoms with Crippen LogP contribution < -0.4 is 10.4 Å². The summed E-state index contributed by atoms with van der Waals surface area (Å²) in [7, 11) is 0. The van der Waals surface area contributed by atoms with Gasteiger partial charge in [-0.25, -0.2) is 0 Å². The second-order valence-corrected chi connectivity index (χ2v) is 7.27. The average Bonchev–Trinajstić information content (AvgIpc) is 2.91. The van der Waals surface area contributed by atoms with E-state index < -0.39 is 17.9 Å². The van der Waals surface area contributed by atoms with Crippen LogP contribution in [0, 0.1) is 0 Å². The van der Waals surface area contributed by atoms with Crippen molar-refractivity contribution in [3.63, 3.8) is 0 Å². The molecule has 0 radical (unpaired) electrons. The third kappa shape index (κ3) is 3.95. The molecule has 0 aliphatic rings. The SMILES string of the molecule is O=C([O-])C[C@H](NC(=O)c1sc2ccccc2c1Cl)c1cccc(Cl)c1. The van der Waals surface area contributed by atoms with E-state index in [1.165, 1.54) is 11.3 Å². The van der Waals surface area contributed by atoms with Crippen LogP contribution >= 0.6 is 34.5 Å². The highest BCUT2D eigenvalue weighted by Gasteiger charge is 2.21. The summed E-state index contributed by atoms with van der Waals surface area (Å²) < 4.78 is 0.886. The molecule has 0 unspecified atom stereocenters. The minimum atomic E-state index is -1.27. The second kappa shape index (κ2) is 7.44. The smallest absolute Gasteiger partial charge is 0.263 e. The van der Waals surface area contributed by atoms with Crippen LogP contribution in [0.3, 0.4) is 0 Å². The fraction of sp³-hybridized carbons (Fsp3) is 0.111. The molecule has 0 saturated carbocycles. The molecule has 128 valence electrons. The van der Waals surface area contributed by atoms with Crippen molar-refractivity contribution >= 4 is 56.5 Å². The summed E-state index contributed by atoms with van der Waals surface area (Å²) >= 11 is 13.5. The van der Waals surface area contributed by atoms with Crippen LogP contribution in [0.25, 0.3) is 10.1 Å². The summed E-state index contributed by atoms with van der Waals surface area (Å²) in [5, 5.41) is 15.4. The number of aliphatic carboxylic acids is 1. The predicted octanol–water partition coefficient (Wildman–Crippen LogP) is 3.82. The van der Waals surface area contributed by atoms with Crippen molar-refractivity contribution in [1.29, 1.82) is 0 Å². The molecule has 0 spiro atoms. The summed E-state index contributed by atoms with van der Waals surface area (Å²) in [5.74, 6) is -1.70. The van der Waals surface area contributed by atoms with Gasteiger partial charge in [-0.2, -0.15) is 0 Å². The van der Waals surface area contributed by atoms with Gasteiger partial charge in [0.25, 0.3) is 5.91 Å². The van der Waals surface area contributed by atoms with Crippen molar-refractivity contribution in [2.24, 2.45) is 0 Å². The zero-order valence-electron chi connectivity index (χ0n) is 12.8. The third-order valence-corrected chi connectivity index (χ3v) is 5.58. The molecule has 4 nitrogen and oxygen atoms in total. The Labute approximate surface area is 158 Å². The quantitative estimate of drug-likeness (QED) is 0.717. The molecule has 1 N–H and O–H groups in total. The molecule has 0 aliphatic heterocycles. The molecular weight excluding hydrogens is 381 g/mol. The maximum Gasteiger partial charge on any atom is 0.263 e. The van der Waals surface area contributed by atoms with Crippen molar-refractivity contribution in [2.75, 3.05) is 0 Å². The number of nitrogens with one attached hydrogen (secondary N) is 1. The van der Waals surface area contributed by atoms with E-state index >= 15 is 0 Å². The van der Waals surface area contributed by atoms with Crippen LogP contribution in [0.15, 0.2) is 48.5 Å². The zero-order valence-corrected chi connectivity index (χ0v) is 15.1. The molecule has 25 heavy (non-hydrogen) atoms. The fourth-order valence-electron chi connectivity index (χ4n) is 2.53. The van der Waals surface area contributed by atoms with E-state index in [4.69, 9.17) is 23.2 Å². The third-order valence-electron chi connectivity index (χ3n) is 3.67. The van der Waals surface area contributed by atoms with E-state index in [0.29, 0.717) is 20.5 Å². The van der Waals surface area contributed by atoms with E-state index in [2.05, 4.69) is 5.32 Å². The maximum atomic E-state index is 12.7. The van der Waals surface area contributed by atoms with Gasteiger partial charge in [0.05, 0.1) is 11.1 Å². The Hall–Kier alpha value is -2.08. The summed E-state index contributed by atoms with van der Waals surface area (Å²) in [6, 6.07) is 13.3. The van der Waals surface area contributed by atoms with Gasteiger partial charge >= 0.3 is 0 Å².